The molecule has 3 nitrogen and oxygen atoms in total. The first-order valence-corrected chi connectivity index (χ1v) is 6.39. The minimum absolute atomic E-state index is 0.361. The molecule has 2 N–H and O–H groups in total. The highest BCUT2D eigenvalue weighted by atomic mass is 15.3. The Bertz CT molecular complexity index is 164. The van der Waals surface area contributed by atoms with Crippen LogP contribution in [0.2, 0.25) is 0 Å². The molecular weight excluding hydrogens is 186 g/mol. The molecule has 0 spiro atoms. The molecule has 0 aliphatic carbocycles. The van der Waals surface area contributed by atoms with E-state index in [0.717, 1.165) is 19.0 Å². The molecule has 0 saturated carbocycles. The number of piperazine rings is 1. The van der Waals surface area contributed by atoms with Crippen molar-refractivity contribution in [1.82, 2.24) is 9.80 Å². The molecule has 1 aliphatic heterocycles. The van der Waals surface area contributed by atoms with Gasteiger partial charge in [-0.2, -0.15) is 0 Å². The van der Waals surface area contributed by atoms with Gasteiger partial charge in [-0.25, -0.2) is 0 Å². The molecule has 15 heavy (non-hydrogen) atoms. The Morgan fingerprint density at radius 2 is 1.67 bits per heavy atom. The van der Waals surface area contributed by atoms with Gasteiger partial charge in [0.1, 0.15) is 0 Å². The minimum atomic E-state index is 0.361. The van der Waals surface area contributed by atoms with Crippen LogP contribution in [0.1, 0.15) is 33.6 Å². The van der Waals surface area contributed by atoms with Crippen molar-refractivity contribution < 1.29 is 0 Å². The number of hydrogen-bond acceptors (Lipinski definition) is 3. The highest BCUT2D eigenvalue weighted by Gasteiger charge is 2.20. The number of hydrogen-bond donors (Lipinski definition) is 1. The fourth-order valence-corrected chi connectivity index (χ4v) is 2.11. The van der Waals surface area contributed by atoms with Crippen LogP contribution in [-0.2, 0) is 0 Å². The molecule has 0 radical (unpaired) electrons. The zero-order valence-corrected chi connectivity index (χ0v) is 10.6. The standard InChI is InChI=1S/C12H27N3/c1-4-11(3)15-8-6-14(7-9-15)10-12(13)5-2/h11-12H,4-10,13H2,1-3H3. The van der Waals surface area contributed by atoms with Crippen LogP contribution >= 0.6 is 0 Å². The van der Waals surface area contributed by atoms with Gasteiger partial charge < -0.3 is 5.73 Å². The van der Waals surface area contributed by atoms with E-state index >= 15 is 0 Å². The van der Waals surface area contributed by atoms with Crippen molar-refractivity contribution in [2.45, 2.75) is 45.7 Å². The maximum Gasteiger partial charge on any atom is 0.0165 e. The molecule has 0 aromatic carbocycles. The first-order chi connectivity index (χ1) is 7.17. The fraction of sp³-hybridized carbons (Fsp3) is 1.00. The number of rotatable bonds is 5. The number of nitrogens with zero attached hydrogens (tertiary/aromatic N) is 2. The first kappa shape index (κ1) is 12.9. The predicted octanol–water partition coefficient (Wildman–Crippen LogP) is 1.14. The maximum atomic E-state index is 5.97. The average molecular weight is 213 g/mol. The van der Waals surface area contributed by atoms with Gasteiger partial charge in [0, 0.05) is 44.8 Å². The maximum absolute atomic E-state index is 5.97. The molecule has 0 aromatic heterocycles. The lowest BCUT2D eigenvalue weighted by Gasteiger charge is -2.38. The van der Waals surface area contributed by atoms with Gasteiger partial charge in [-0.05, 0) is 19.8 Å². The van der Waals surface area contributed by atoms with Crippen LogP contribution < -0.4 is 5.73 Å². The Labute approximate surface area is 94.6 Å². The molecule has 1 rings (SSSR count). The summed E-state index contributed by atoms with van der Waals surface area (Å²) in [5.74, 6) is 0. The Hall–Kier alpha value is -0.120. The lowest BCUT2D eigenvalue weighted by atomic mass is 10.1. The van der Waals surface area contributed by atoms with E-state index in [9.17, 15) is 0 Å². The zero-order valence-electron chi connectivity index (χ0n) is 10.6. The van der Waals surface area contributed by atoms with Crippen LogP contribution in [0.4, 0.5) is 0 Å². The fourth-order valence-electron chi connectivity index (χ4n) is 2.11. The second-order valence-electron chi connectivity index (χ2n) is 4.76. The number of nitrogens with two attached hydrogens (primary N) is 1. The molecule has 1 saturated heterocycles. The molecule has 2 atom stereocenters. The zero-order chi connectivity index (χ0) is 11.3. The second-order valence-corrected chi connectivity index (χ2v) is 4.76. The van der Waals surface area contributed by atoms with Crippen LogP contribution in [0.25, 0.3) is 0 Å². The van der Waals surface area contributed by atoms with Gasteiger partial charge in [0.15, 0.2) is 0 Å². The SMILES string of the molecule is CCC(N)CN1CCN(C(C)CC)CC1. The Balaban J connectivity index is 2.23. The first-order valence-electron chi connectivity index (χ1n) is 6.39. The Morgan fingerprint density at radius 3 is 2.13 bits per heavy atom. The molecule has 1 fully saturated rings. The summed E-state index contributed by atoms with van der Waals surface area (Å²) < 4.78 is 0. The highest BCUT2D eigenvalue weighted by Crippen LogP contribution is 2.08. The van der Waals surface area contributed by atoms with Crippen LogP contribution in [0.15, 0.2) is 0 Å². The van der Waals surface area contributed by atoms with E-state index in [0.29, 0.717) is 6.04 Å². The summed E-state index contributed by atoms with van der Waals surface area (Å²) in [6, 6.07) is 1.10. The minimum Gasteiger partial charge on any atom is -0.327 e. The third kappa shape index (κ3) is 4.09. The van der Waals surface area contributed by atoms with Crippen molar-refractivity contribution in [3.63, 3.8) is 0 Å². The van der Waals surface area contributed by atoms with Crippen molar-refractivity contribution >= 4 is 0 Å². The molecule has 90 valence electrons. The van der Waals surface area contributed by atoms with Gasteiger partial charge in [-0.15, -0.1) is 0 Å². The van der Waals surface area contributed by atoms with Crippen LogP contribution in [0.5, 0.6) is 0 Å². The van der Waals surface area contributed by atoms with Crippen molar-refractivity contribution in [3.8, 4) is 0 Å². The largest absolute Gasteiger partial charge is 0.327 e. The van der Waals surface area contributed by atoms with E-state index in [4.69, 9.17) is 5.73 Å². The molecule has 3 heteroatoms. The van der Waals surface area contributed by atoms with E-state index in [1.165, 1.54) is 32.6 Å². The van der Waals surface area contributed by atoms with Crippen molar-refractivity contribution in [1.29, 1.82) is 0 Å². The summed E-state index contributed by atoms with van der Waals surface area (Å²) in [5, 5.41) is 0. The van der Waals surface area contributed by atoms with Crippen molar-refractivity contribution in [2.24, 2.45) is 5.73 Å². The molecule has 1 aliphatic rings. The van der Waals surface area contributed by atoms with Crippen LogP contribution in [0.3, 0.4) is 0 Å². The molecule has 1 heterocycles. The summed E-state index contributed by atoms with van der Waals surface area (Å²) in [6.07, 6.45) is 2.35. The third-order valence-electron chi connectivity index (χ3n) is 3.64. The van der Waals surface area contributed by atoms with E-state index in [2.05, 4.69) is 30.6 Å². The summed E-state index contributed by atoms with van der Waals surface area (Å²) >= 11 is 0. The molecular formula is C12H27N3. The summed E-state index contributed by atoms with van der Waals surface area (Å²) in [5.41, 5.74) is 5.97. The topological polar surface area (TPSA) is 32.5 Å². The second kappa shape index (κ2) is 6.46. The predicted molar refractivity (Wildman–Crippen MR) is 66.0 cm³/mol. The quantitative estimate of drug-likeness (QED) is 0.743. The van der Waals surface area contributed by atoms with Gasteiger partial charge in [0.05, 0.1) is 0 Å². The van der Waals surface area contributed by atoms with Crippen LogP contribution in [0, 0.1) is 0 Å². The van der Waals surface area contributed by atoms with E-state index in [1.54, 1.807) is 0 Å². The van der Waals surface area contributed by atoms with Gasteiger partial charge >= 0.3 is 0 Å². The monoisotopic (exact) mass is 213 g/mol. The van der Waals surface area contributed by atoms with Gasteiger partial charge in [-0.1, -0.05) is 13.8 Å². The molecule has 2 unspecified atom stereocenters. The van der Waals surface area contributed by atoms with E-state index < -0.39 is 0 Å². The highest BCUT2D eigenvalue weighted by molar-refractivity contribution is 4.77. The molecule has 0 aromatic rings. The van der Waals surface area contributed by atoms with Crippen LogP contribution in [-0.4, -0.2) is 54.6 Å². The normalized spacial score (nSPS) is 24.0. The summed E-state index contributed by atoms with van der Waals surface area (Å²) in [6.45, 7) is 12.6. The van der Waals surface area contributed by atoms with Crippen molar-refractivity contribution in [3.05, 3.63) is 0 Å². The van der Waals surface area contributed by atoms with Gasteiger partial charge in [-0.3, -0.25) is 9.80 Å². The van der Waals surface area contributed by atoms with Crippen molar-refractivity contribution in [2.75, 3.05) is 32.7 Å². The smallest absolute Gasteiger partial charge is 0.0165 e. The van der Waals surface area contributed by atoms with E-state index in [-0.39, 0.29) is 0 Å². The lowest BCUT2D eigenvalue weighted by Crippen LogP contribution is -2.51. The molecule has 0 bridgehead atoms. The third-order valence-corrected chi connectivity index (χ3v) is 3.64. The summed E-state index contributed by atoms with van der Waals surface area (Å²) in [7, 11) is 0. The Kier molecular flexibility index (Phi) is 5.58. The van der Waals surface area contributed by atoms with Gasteiger partial charge in [0.25, 0.3) is 0 Å². The average Bonchev–Trinajstić information content (AvgIpc) is 2.29. The van der Waals surface area contributed by atoms with Gasteiger partial charge in [0.2, 0.25) is 0 Å². The van der Waals surface area contributed by atoms with E-state index in [1.807, 2.05) is 0 Å². The summed E-state index contributed by atoms with van der Waals surface area (Å²) in [4.78, 5) is 5.10. The molecule has 0 amide bonds. The Morgan fingerprint density at radius 1 is 1.07 bits per heavy atom. The lowest BCUT2D eigenvalue weighted by molar-refractivity contribution is 0.0965.